The predicted molar refractivity (Wildman–Crippen MR) is 69.5 cm³/mol. The van der Waals surface area contributed by atoms with Gasteiger partial charge in [-0.3, -0.25) is 9.59 Å². The standard InChI is InChI=1S/C13H16ClNO3/c1-9(10-5-2-3-6-11(10)14)15-12(16)7-4-8-13(17)18/h2-3,5-6,9H,4,7-8H2,1H3,(H,15,16)(H,17,18)/t9-/m0/s1. The van der Waals surface area contributed by atoms with Crippen LogP contribution in [0.4, 0.5) is 0 Å². The molecule has 1 aromatic rings. The second-order valence-electron chi connectivity index (χ2n) is 4.06. The highest BCUT2D eigenvalue weighted by molar-refractivity contribution is 6.31. The molecule has 0 spiro atoms. The Morgan fingerprint density at radius 3 is 2.61 bits per heavy atom. The third-order valence-electron chi connectivity index (χ3n) is 2.54. The zero-order valence-corrected chi connectivity index (χ0v) is 10.9. The average molecular weight is 270 g/mol. The SMILES string of the molecule is C[C@H](NC(=O)CCCC(=O)O)c1ccccc1Cl. The van der Waals surface area contributed by atoms with Gasteiger partial charge in [0.15, 0.2) is 0 Å². The third-order valence-corrected chi connectivity index (χ3v) is 2.89. The largest absolute Gasteiger partial charge is 0.481 e. The van der Waals surface area contributed by atoms with Crippen molar-refractivity contribution in [3.8, 4) is 0 Å². The van der Waals surface area contributed by atoms with E-state index in [1.54, 1.807) is 6.07 Å². The molecule has 0 unspecified atom stereocenters. The van der Waals surface area contributed by atoms with Crippen molar-refractivity contribution in [1.82, 2.24) is 5.32 Å². The summed E-state index contributed by atoms with van der Waals surface area (Å²) in [7, 11) is 0. The molecule has 1 rings (SSSR count). The van der Waals surface area contributed by atoms with Crippen molar-refractivity contribution in [3.63, 3.8) is 0 Å². The molecule has 0 aliphatic heterocycles. The van der Waals surface area contributed by atoms with E-state index in [9.17, 15) is 9.59 Å². The van der Waals surface area contributed by atoms with Crippen molar-refractivity contribution >= 4 is 23.5 Å². The Bertz CT molecular complexity index is 434. The lowest BCUT2D eigenvalue weighted by Gasteiger charge is -2.15. The van der Waals surface area contributed by atoms with Crippen LogP contribution in [0.25, 0.3) is 0 Å². The molecule has 0 saturated carbocycles. The van der Waals surface area contributed by atoms with Crippen LogP contribution in [0.3, 0.4) is 0 Å². The first kappa shape index (κ1) is 14.5. The summed E-state index contributed by atoms with van der Waals surface area (Å²) in [5.41, 5.74) is 0.853. The van der Waals surface area contributed by atoms with E-state index in [2.05, 4.69) is 5.32 Å². The van der Waals surface area contributed by atoms with Crippen molar-refractivity contribution in [2.24, 2.45) is 0 Å². The first-order chi connectivity index (χ1) is 8.50. The van der Waals surface area contributed by atoms with E-state index < -0.39 is 5.97 Å². The smallest absolute Gasteiger partial charge is 0.303 e. The summed E-state index contributed by atoms with van der Waals surface area (Å²) in [6, 6.07) is 7.12. The minimum absolute atomic E-state index is 0.00783. The fraction of sp³-hybridized carbons (Fsp3) is 0.385. The van der Waals surface area contributed by atoms with Gasteiger partial charge in [-0.2, -0.15) is 0 Å². The molecule has 0 heterocycles. The molecule has 1 atom stereocenters. The van der Waals surface area contributed by atoms with Gasteiger partial charge in [0.1, 0.15) is 0 Å². The van der Waals surface area contributed by atoms with Crippen LogP contribution in [0.15, 0.2) is 24.3 Å². The summed E-state index contributed by atoms with van der Waals surface area (Å²) >= 11 is 6.02. The van der Waals surface area contributed by atoms with Gasteiger partial charge >= 0.3 is 5.97 Å². The van der Waals surface area contributed by atoms with E-state index in [4.69, 9.17) is 16.7 Å². The molecule has 2 N–H and O–H groups in total. The van der Waals surface area contributed by atoms with Crippen molar-refractivity contribution in [2.75, 3.05) is 0 Å². The van der Waals surface area contributed by atoms with Crippen LogP contribution in [-0.2, 0) is 9.59 Å². The van der Waals surface area contributed by atoms with Crippen LogP contribution in [0.5, 0.6) is 0 Å². The fourth-order valence-corrected chi connectivity index (χ4v) is 1.92. The van der Waals surface area contributed by atoms with Crippen LogP contribution in [0.2, 0.25) is 5.02 Å². The Labute approximate surface area is 111 Å². The highest BCUT2D eigenvalue weighted by atomic mass is 35.5. The summed E-state index contributed by atoms with van der Waals surface area (Å²) in [5, 5.41) is 11.9. The molecule has 0 fully saturated rings. The van der Waals surface area contributed by atoms with Gasteiger partial charge in [0.2, 0.25) is 5.91 Å². The Kier molecular flexibility index (Phi) is 5.65. The van der Waals surface area contributed by atoms with E-state index in [0.717, 1.165) is 5.56 Å². The van der Waals surface area contributed by atoms with Crippen LogP contribution in [-0.4, -0.2) is 17.0 Å². The maximum Gasteiger partial charge on any atom is 0.303 e. The lowest BCUT2D eigenvalue weighted by Crippen LogP contribution is -2.26. The van der Waals surface area contributed by atoms with Gasteiger partial charge in [0.25, 0.3) is 0 Å². The highest BCUT2D eigenvalue weighted by Gasteiger charge is 2.12. The summed E-state index contributed by atoms with van der Waals surface area (Å²) in [6.45, 7) is 1.84. The molecule has 0 radical (unpaired) electrons. The molecule has 0 aromatic heterocycles. The van der Waals surface area contributed by atoms with Gasteiger partial charge in [0.05, 0.1) is 6.04 Å². The number of hydrogen-bond acceptors (Lipinski definition) is 2. The Morgan fingerprint density at radius 1 is 1.33 bits per heavy atom. The molecule has 98 valence electrons. The molecule has 1 amide bonds. The fourth-order valence-electron chi connectivity index (χ4n) is 1.62. The molecule has 0 bridgehead atoms. The van der Waals surface area contributed by atoms with E-state index in [1.165, 1.54) is 0 Å². The Hall–Kier alpha value is -1.55. The quantitative estimate of drug-likeness (QED) is 0.834. The predicted octanol–water partition coefficient (Wildman–Crippen LogP) is 2.77. The van der Waals surface area contributed by atoms with Crippen LogP contribution >= 0.6 is 11.6 Å². The topological polar surface area (TPSA) is 66.4 Å². The van der Waals surface area contributed by atoms with E-state index in [-0.39, 0.29) is 24.8 Å². The highest BCUT2D eigenvalue weighted by Crippen LogP contribution is 2.22. The van der Waals surface area contributed by atoms with Crippen LogP contribution < -0.4 is 5.32 Å². The second-order valence-corrected chi connectivity index (χ2v) is 4.47. The zero-order chi connectivity index (χ0) is 13.5. The molecule has 0 saturated heterocycles. The number of carboxylic acid groups (broad SMARTS) is 1. The van der Waals surface area contributed by atoms with E-state index in [1.807, 2.05) is 25.1 Å². The molecule has 0 aliphatic carbocycles. The number of hydrogen-bond donors (Lipinski definition) is 2. The van der Waals surface area contributed by atoms with Gasteiger partial charge in [-0.25, -0.2) is 0 Å². The van der Waals surface area contributed by atoms with Crippen molar-refractivity contribution in [1.29, 1.82) is 0 Å². The zero-order valence-electron chi connectivity index (χ0n) is 10.1. The van der Waals surface area contributed by atoms with Crippen molar-refractivity contribution in [3.05, 3.63) is 34.9 Å². The maximum absolute atomic E-state index is 11.6. The first-order valence-electron chi connectivity index (χ1n) is 5.76. The number of amides is 1. The number of nitrogens with one attached hydrogen (secondary N) is 1. The van der Waals surface area contributed by atoms with Gasteiger partial charge in [-0.05, 0) is 25.0 Å². The monoisotopic (exact) mass is 269 g/mol. The molecule has 18 heavy (non-hydrogen) atoms. The van der Waals surface area contributed by atoms with Crippen LogP contribution in [0.1, 0.15) is 37.8 Å². The van der Waals surface area contributed by atoms with Gasteiger partial charge in [0, 0.05) is 17.9 Å². The van der Waals surface area contributed by atoms with Gasteiger partial charge < -0.3 is 10.4 Å². The number of rotatable bonds is 6. The summed E-state index contributed by atoms with van der Waals surface area (Å²) in [6.07, 6.45) is 0.561. The molecular formula is C13H16ClNO3. The van der Waals surface area contributed by atoms with Gasteiger partial charge in [-0.15, -0.1) is 0 Å². The maximum atomic E-state index is 11.6. The molecule has 0 aliphatic rings. The number of halogens is 1. The summed E-state index contributed by atoms with van der Waals surface area (Å²) in [5.74, 6) is -1.05. The number of aliphatic carboxylic acids is 1. The van der Waals surface area contributed by atoms with E-state index in [0.29, 0.717) is 11.4 Å². The lowest BCUT2D eigenvalue weighted by atomic mass is 10.1. The Balaban J connectivity index is 2.45. The number of carbonyl (C=O) groups is 2. The van der Waals surface area contributed by atoms with Gasteiger partial charge in [-0.1, -0.05) is 29.8 Å². The minimum Gasteiger partial charge on any atom is -0.481 e. The summed E-state index contributed by atoms with van der Waals surface area (Å²) < 4.78 is 0. The number of carbonyl (C=O) groups excluding carboxylic acids is 1. The second kappa shape index (κ2) is 7.01. The summed E-state index contributed by atoms with van der Waals surface area (Å²) in [4.78, 5) is 21.9. The normalized spacial score (nSPS) is 11.9. The van der Waals surface area contributed by atoms with E-state index >= 15 is 0 Å². The molecular weight excluding hydrogens is 254 g/mol. The van der Waals surface area contributed by atoms with Crippen molar-refractivity contribution in [2.45, 2.75) is 32.2 Å². The lowest BCUT2D eigenvalue weighted by molar-refractivity contribution is -0.137. The first-order valence-corrected chi connectivity index (χ1v) is 6.14. The molecule has 4 nitrogen and oxygen atoms in total. The number of carboxylic acids is 1. The average Bonchev–Trinajstić information content (AvgIpc) is 2.28. The minimum atomic E-state index is -0.887. The Morgan fingerprint density at radius 2 is 2.00 bits per heavy atom. The van der Waals surface area contributed by atoms with Crippen LogP contribution in [0, 0.1) is 0 Å². The third kappa shape index (κ3) is 4.75. The molecule has 1 aromatic carbocycles. The number of benzene rings is 1. The molecule has 5 heteroatoms. The van der Waals surface area contributed by atoms with Crippen molar-refractivity contribution < 1.29 is 14.7 Å².